The first kappa shape index (κ1) is 22.4. The highest BCUT2D eigenvalue weighted by molar-refractivity contribution is 7.15. The summed E-state index contributed by atoms with van der Waals surface area (Å²) in [4.78, 5) is 31.6. The molecule has 0 spiro atoms. The number of carbonyl (C=O) groups excluding carboxylic acids is 1. The van der Waals surface area contributed by atoms with Crippen LogP contribution in [0.5, 0.6) is 0 Å². The van der Waals surface area contributed by atoms with Gasteiger partial charge in [0, 0.05) is 34.1 Å². The molecule has 3 aromatic heterocycles. The number of nitrogen functional groups attached to an aromatic ring is 1. The number of aromatic nitrogens is 4. The van der Waals surface area contributed by atoms with Crippen LogP contribution in [0.1, 0.15) is 20.9 Å². The summed E-state index contributed by atoms with van der Waals surface area (Å²) < 4.78 is 13.4. The highest BCUT2D eigenvalue weighted by Crippen LogP contribution is 2.31. The molecule has 5 aromatic rings. The van der Waals surface area contributed by atoms with Crippen LogP contribution in [0.25, 0.3) is 21.3 Å². The summed E-state index contributed by atoms with van der Waals surface area (Å²) in [6.45, 7) is 0.647. The van der Waals surface area contributed by atoms with Gasteiger partial charge in [0.15, 0.2) is 11.5 Å². The molecule has 0 aliphatic heterocycles. The zero-order chi connectivity index (χ0) is 24.2. The van der Waals surface area contributed by atoms with Crippen molar-refractivity contribution in [3.8, 4) is 10.4 Å². The number of nitrogens with one attached hydrogen (secondary N) is 2. The molecule has 35 heavy (non-hydrogen) atoms. The van der Waals surface area contributed by atoms with Gasteiger partial charge in [-0.3, -0.25) is 4.79 Å². The molecule has 5 rings (SSSR count). The van der Waals surface area contributed by atoms with Gasteiger partial charge in [-0.1, -0.05) is 18.2 Å². The van der Waals surface area contributed by atoms with Gasteiger partial charge in [-0.2, -0.15) is 0 Å². The minimum atomic E-state index is -0.396. The normalized spacial score (nSPS) is 10.9. The molecule has 0 bridgehead atoms. The Morgan fingerprint density at radius 2 is 1.86 bits per heavy atom. The summed E-state index contributed by atoms with van der Waals surface area (Å²) >= 11 is 1.61. The first-order valence-electron chi connectivity index (χ1n) is 10.7. The highest BCUT2D eigenvalue weighted by Gasteiger charge is 2.15. The van der Waals surface area contributed by atoms with Gasteiger partial charge in [0.2, 0.25) is 0 Å². The fourth-order valence-corrected chi connectivity index (χ4v) is 4.52. The zero-order valence-corrected chi connectivity index (χ0v) is 19.2. The van der Waals surface area contributed by atoms with Crippen molar-refractivity contribution in [2.75, 3.05) is 11.1 Å². The van der Waals surface area contributed by atoms with Crippen molar-refractivity contribution in [2.45, 2.75) is 13.1 Å². The van der Waals surface area contributed by atoms with E-state index in [9.17, 15) is 9.18 Å². The minimum absolute atomic E-state index is 0.172. The molecule has 0 aliphatic carbocycles. The number of nitrogens with two attached hydrogens (primary N) is 1. The summed E-state index contributed by atoms with van der Waals surface area (Å²) in [6, 6.07) is 16.0. The zero-order valence-electron chi connectivity index (χ0n) is 18.4. The maximum Gasteiger partial charge on any atom is 0.273 e. The minimum Gasteiger partial charge on any atom is -0.383 e. The molecule has 0 saturated carbocycles. The maximum atomic E-state index is 13.4. The van der Waals surface area contributed by atoms with Crippen LogP contribution < -0.4 is 16.4 Å². The quantitative estimate of drug-likeness (QED) is 0.312. The monoisotopic (exact) mass is 485 g/mol. The van der Waals surface area contributed by atoms with Crippen LogP contribution in [0, 0.1) is 5.82 Å². The van der Waals surface area contributed by atoms with Crippen LogP contribution in [0.3, 0.4) is 0 Å². The number of hydrogen-bond donors (Lipinski definition) is 3. The van der Waals surface area contributed by atoms with E-state index >= 15 is 0 Å². The summed E-state index contributed by atoms with van der Waals surface area (Å²) in [5.74, 6) is 0.0677. The number of rotatable bonds is 7. The summed E-state index contributed by atoms with van der Waals surface area (Å²) in [5, 5.41) is 6.77. The lowest BCUT2D eigenvalue weighted by atomic mass is 10.1. The van der Waals surface area contributed by atoms with Crippen molar-refractivity contribution in [3.63, 3.8) is 0 Å². The predicted molar refractivity (Wildman–Crippen MR) is 134 cm³/mol. The number of amides is 1. The largest absolute Gasteiger partial charge is 0.383 e. The Kier molecular flexibility index (Phi) is 6.27. The number of thiophene rings is 1. The average Bonchev–Trinajstić information content (AvgIpc) is 3.35. The number of fused-ring (bicyclic) bond motifs is 1. The second-order valence-electron chi connectivity index (χ2n) is 7.68. The molecule has 0 fully saturated rings. The van der Waals surface area contributed by atoms with Crippen molar-refractivity contribution in [1.82, 2.24) is 25.3 Å². The Balaban J connectivity index is 1.27. The lowest BCUT2D eigenvalue weighted by Gasteiger charge is -2.10. The van der Waals surface area contributed by atoms with Gasteiger partial charge in [0.05, 0.1) is 12.1 Å². The number of carbonyl (C=O) groups is 1. The number of benzene rings is 2. The lowest BCUT2D eigenvalue weighted by molar-refractivity contribution is 0.0946. The Bertz CT molecular complexity index is 1520. The molecule has 0 radical (unpaired) electrons. The maximum absolute atomic E-state index is 13.4. The molecule has 8 nitrogen and oxygen atoms in total. The van der Waals surface area contributed by atoms with Crippen LogP contribution in [0.15, 0.2) is 73.3 Å². The third kappa shape index (κ3) is 5.07. The van der Waals surface area contributed by atoms with Gasteiger partial charge in [-0.15, -0.1) is 11.3 Å². The van der Waals surface area contributed by atoms with E-state index in [1.165, 1.54) is 30.9 Å². The number of halogens is 1. The molecular weight excluding hydrogens is 465 g/mol. The summed E-state index contributed by atoms with van der Waals surface area (Å²) in [7, 11) is 0. The molecular formula is C25H20FN7OS. The number of hydrogen-bond acceptors (Lipinski definition) is 8. The first-order valence-corrected chi connectivity index (χ1v) is 11.6. The van der Waals surface area contributed by atoms with Crippen molar-refractivity contribution in [3.05, 3.63) is 95.3 Å². The fourth-order valence-electron chi connectivity index (χ4n) is 3.58. The SMILES string of the molecule is Nc1ncnc2ccc(-c3ccc(CNc4nccnc4C(=O)NCc4cccc(F)c4)s3)cc12. The third-order valence-electron chi connectivity index (χ3n) is 5.30. The first-order chi connectivity index (χ1) is 17.1. The third-order valence-corrected chi connectivity index (χ3v) is 6.43. The highest BCUT2D eigenvalue weighted by atomic mass is 32.1. The van der Waals surface area contributed by atoms with Gasteiger partial charge in [0.1, 0.15) is 18.0 Å². The molecule has 0 saturated heterocycles. The van der Waals surface area contributed by atoms with Crippen LogP contribution in [-0.4, -0.2) is 25.8 Å². The smallest absolute Gasteiger partial charge is 0.273 e. The van der Waals surface area contributed by atoms with Crippen LogP contribution in [-0.2, 0) is 13.1 Å². The standard InChI is InChI=1S/C25H20FN7OS/c26-17-3-1-2-15(10-17)12-31-25(34)22-24(29-9-8-28-22)30-13-18-5-7-21(35-18)16-4-6-20-19(11-16)23(27)33-14-32-20/h1-11,14H,12-13H2,(H,29,30)(H,31,34)(H2,27,32,33). The predicted octanol–water partition coefficient (Wildman–Crippen LogP) is 4.41. The number of nitrogens with zero attached hydrogens (tertiary/aromatic N) is 4. The lowest BCUT2D eigenvalue weighted by Crippen LogP contribution is -2.25. The second kappa shape index (κ2) is 9.82. The molecule has 4 N–H and O–H groups in total. The van der Waals surface area contributed by atoms with E-state index in [0.29, 0.717) is 23.7 Å². The van der Waals surface area contributed by atoms with E-state index in [-0.39, 0.29) is 18.1 Å². The van der Waals surface area contributed by atoms with Crippen molar-refractivity contribution in [1.29, 1.82) is 0 Å². The van der Waals surface area contributed by atoms with E-state index < -0.39 is 5.91 Å². The van der Waals surface area contributed by atoms with Gasteiger partial charge >= 0.3 is 0 Å². The van der Waals surface area contributed by atoms with Gasteiger partial charge in [-0.25, -0.2) is 24.3 Å². The van der Waals surface area contributed by atoms with Crippen molar-refractivity contribution in [2.24, 2.45) is 0 Å². The van der Waals surface area contributed by atoms with E-state index in [0.717, 1.165) is 26.2 Å². The van der Waals surface area contributed by atoms with Gasteiger partial charge in [-0.05, 0) is 47.5 Å². The Morgan fingerprint density at radius 3 is 2.74 bits per heavy atom. The molecule has 1 amide bonds. The molecule has 10 heteroatoms. The van der Waals surface area contributed by atoms with Crippen LogP contribution in [0.4, 0.5) is 16.0 Å². The van der Waals surface area contributed by atoms with E-state index in [2.05, 4.69) is 30.6 Å². The van der Waals surface area contributed by atoms with Gasteiger partial charge in [0.25, 0.3) is 5.91 Å². The van der Waals surface area contributed by atoms with Crippen molar-refractivity contribution >= 4 is 39.8 Å². The second-order valence-corrected chi connectivity index (χ2v) is 8.84. The molecule has 0 unspecified atom stereocenters. The van der Waals surface area contributed by atoms with Crippen molar-refractivity contribution < 1.29 is 9.18 Å². The number of anilines is 2. The van der Waals surface area contributed by atoms with Crippen LogP contribution >= 0.6 is 11.3 Å². The molecule has 2 aromatic carbocycles. The topological polar surface area (TPSA) is 119 Å². The fraction of sp³-hybridized carbons (Fsp3) is 0.0800. The molecule has 0 aliphatic rings. The van der Waals surface area contributed by atoms with E-state index in [4.69, 9.17) is 5.73 Å². The molecule has 174 valence electrons. The average molecular weight is 486 g/mol. The Hall–Kier alpha value is -4.44. The van der Waals surface area contributed by atoms with Gasteiger partial charge < -0.3 is 16.4 Å². The molecule has 0 atom stereocenters. The van der Waals surface area contributed by atoms with E-state index in [1.807, 2.05) is 30.3 Å². The Labute approximate surface area is 204 Å². The molecule has 3 heterocycles. The summed E-state index contributed by atoms with van der Waals surface area (Å²) in [5.41, 5.74) is 8.65. The summed E-state index contributed by atoms with van der Waals surface area (Å²) in [6.07, 6.45) is 4.43. The van der Waals surface area contributed by atoms with E-state index in [1.54, 1.807) is 23.5 Å². The van der Waals surface area contributed by atoms with Crippen LogP contribution in [0.2, 0.25) is 0 Å². The Morgan fingerprint density at radius 1 is 0.971 bits per heavy atom.